The molecule has 0 fully saturated rings. The number of hydrogen-bond acceptors (Lipinski definition) is 3. The quantitative estimate of drug-likeness (QED) is 0.536. The van der Waals surface area contributed by atoms with Gasteiger partial charge in [-0.25, -0.2) is 4.90 Å². The molecule has 0 saturated carbocycles. The Labute approximate surface area is 181 Å². The number of carbonyl (C=O) groups excluding carboxylic acids is 2. The Kier molecular flexibility index (Phi) is 5.18. The highest BCUT2D eigenvalue weighted by Crippen LogP contribution is 2.36. The maximum absolute atomic E-state index is 13.6. The zero-order valence-electron chi connectivity index (χ0n) is 17.0. The first kappa shape index (κ1) is 19.9. The van der Waals surface area contributed by atoms with E-state index in [-0.39, 0.29) is 11.8 Å². The van der Waals surface area contributed by atoms with Crippen molar-refractivity contribution in [1.29, 1.82) is 0 Å². The summed E-state index contributed by atoms with van der Waals surface area (Å²) < 4.78 is 0. The first-order chi connectivity index (χ1) is 14.4. The van der Waals surface area contributed by atoms with Crippen molar-refractivity contribution in [2.24, 2.45) is 0 Å². The minimum absolute atomic E-state index is 0.340. The lowest BCUT2D eigenvalue weighted by Gasteiger charge is -2.22. The second-order valence-corrected chi connectivity index (χ2v) is 7.85. The molecule has 0 unspecified atom stereocenters. The summed E-state index contributed by atoms with van der Waals surface area (Å²) in [7, 11) is 1.80. The predicted molar refractivity (Wildman–Crippen MR) is 122 cm³/mol. The maximum Gasteiger partial charge on any atom is 0.282 e. The van der Waals surface area contributed by atoms with Gasteiger partial charge in [0, 0.05) is 17.8 Å². The molecule has 4 rings (SSSR count). The lowest BCUT2D eigenvalue weighted by Crippen LogP contribution is -2.34. The Morgan fingerprint density at radius 1 is 0.800 bits per heavy atom. The fourth-order valence-electron chi connectivity index (χ4n) is 3.80. The molecule has 0 aromatic heterocycles. The van der Waals surface area contributed by atoms with Crippen molar-refractivity contribution in [2.75, 3.05) is 16.8 Å². The molecule has 3 aromatic rings. The molecule has 0 spiro atoms. The fourth-order valence-corrected chi connectivity index (χ4v) is 3.93. The van der Waals surface area contributed by atoms with Crippen molar-refractivity contribution < 1.29 is 9.59 Å². The largest absolute Gasteiger partial charge is 0.339 e. The van der Waals surface area contributed by atoms with Gasteiger partial charge in [-0.3, -0.25) is 9.59 Å². The van der Waals surface area contributed by atoms with Crippen LogP contribution in [0.25, 0.3) is 5.57 Å². The summed E-state index contributed by atoms with van der Waals surface area (Å²) >= 11 is 6.05. The van der Waals surface area contributed by atoms with E-state index in [1.807, 2.05) is 62.4 Å². The monoisotopic (exact) mass is 416 g/mol. The van der Waals surface area contributed by atoms with E-state index in [9.17, 15) is 9.59 Å². The molecule has 0 bridgehead atoms. The first-order valence-corrected chi connectivity index (χ1v) is 10.0. The van der Waals surface area contributed by atoms with Crippen LogP contribution in [0.3, 0.4) is 0 Å². The second-order valence-electron chi connectivity index (χ2n) is 7.42. The van der Waals surface area contributed by atoms with Crippen LogP contribution in [0.15, 0.2) is 78.5 Å². The third kappa shape index (κ3) is 3.51. The summed E-state index contributed by atoms with van der Waals surface area (Å²) in [5, 5.41) is 0.570. The third-order valence-corrected chi connectivity index (χ3v) is 5.39. The van der Waals surface area contributed by atoms with Gasteiger partial charge < -0.3 is 4.90 Å². The Morgan fingerprint density at radius 3 is 2.00 bits per heavy atom. The number of likely N-dealkylation sites (N-methyl/N-ethyl adjacent to an activating group) is 1. The Morgan fingerprint density at radius 2 is 1.40 bits per heavy atom. The molecule has 2 amide bonds. The summed E-state index contributed by atoms with van der Waals surface area (Å²) in [4.78, 5) is 30.2. The number of imide groups is 1. The van der Waals surface area contributed by atoms with Gasteiger partial charge >= 0.3 is 0 Å². The van der Waals surface area contributed by atoms with Gasteiger partial charge in [-0.15, -0.1) is 0 Å². The van der Waals surface area contributed by atoms with Gasteiger partial charge in [-0.05, 0) is 66.9 Å². The number of aryl methyl sites for hydroxylation is 2. The van der Waals surface area contributed by atoms with E-state index in [1.54, 1.807) is 36.2 Å². The van der Waals surface area contributed by atoms with Gasteiger partial charge in [0.1, 0.15) is 5.70 Å². The Balaban J connectivity index is 1.89. The van der Waals surface area contributed by atoms with Crippen LogP contribution in [0.2, 0.25) is 5.02 Å². The molecule has 3 aromatic carbocycles. The SMILES string of the molecule is Cc1cc(C)cc(N2C(=O)C(c3ccc(Cl)cc3)=C(N(C)c3ccccc3)C2=O)c1. The van der Waals surface area contributed by atoms with Crippen molar-refractivity contribution in [2.45, 2.75) is 13.8 Å². The molecule has 4 nitrogen and oxygen atoms in total. The van der Waals surface area contributed by atoms with Crippen molar-refractivity contribution in [1.82, 2.24) is 0 Å². The van der Waals surface area contributed by atoms with Gasteiger partial charge in [0.25, 0.3) is 11.8 Å². The number of benzene rings is 3. The zero-order chi connectivity index (χ0) is 21.4. The number of amides is 2. The van der Waals surface area contributed by atoms with Gasteiger partial charge in [0.2, 0.25) is 0 Å². The highest BCUT2D eigenvalue weighted by Gasteiger charge is 2.42. The standard InChI is InChI=1S/C25H21ClN2O2/c1-16-13-17(2)15-21(14-16)28-24(29)22(18-9-11-19(26)12-10-18)23(25(28)30)27(3)20-7-5-4-6-8-20/h4-15H,1-3H3. The molecular formula is C25H21ClN2O2. The second kappa shape index (κ2) is 7.81. The van der Waals surface area contributed by atoms with Crippen LogP contribution in [-0.2, 0) is 9.59 Å². The van der Waals surface area contributed by atoms with Crippen molar-refractivity contribution in [3.05, 3.63) is 100 Å². The molecular weight excluding hydrogens is 396 g/mol. The molecule has 0 aliphatic carbocycles. The summed E-state index contributed by atoms with van der Waals surface area (Å²) in [5.41, 5.74) is 4.73. The van der Waals surface area contributed by atoms with E-state index in [0.29, 0.717) is 27.5 Å². The van der Waals surface area contributed by atoms with Gasteiger partial charge in [-0.1, -0.05) is 48.0 Å². The van der Waals surface area contributed by atoms with Crippen LogP contribution in [0.1, 0.15) is 16.7 Å². The van der Waals surface area contributed by atoms with Crippen LogP contribution < -0.4 is 9.80 Å². The third-order valence-electron chi connectivity index (χ3n) is 5.14. The van der Waals surface area contributed by atoms with Crippen LogP contribution >= 0.6 is 11.6 Å². The summed E-state index contributed by atoms with van der Waals surface area (Å²) in [5.74, 6) is -0.689. The molecule has 0 atom stereocenters. The topological polar surface area (TPSA) is 40.6 Å². The van der Waals surface area contributed by atoms with E-state index < -0.39 is 0 Å². The zero-order valence-corrected chi connectivity index (χ0v) is 17.8. The molecule has 150 valence electrons. The molecule has 0 saturated heterocycles. The number of nitrogens with zero attached hydrogens (tertiary/aromatic N) is 2. The summed E-state index contributed by atoms with van der Waals surface area (Å²) in [6.45, 7) is 3.90. The number of anilines is 2. The normalized spacial score (nSPS) is 13.9. The minimum atomic E-state index is -0.346. The van der Waals surface area contributed by atoms with Gasteiger partial charge in [-0.2, -0.15) is 0 Å². The first-order valence-electron chi connectivity index (χ1n) is 9.63. The lowest BCUT2D eigenvalue weighted by molar-refractivity contribution is -0.120. The number of hydrogen-bond donors (Lipinski definition) is 0. The average Bonchev–Trinajstić information content (AvgIpc) is 2.98. The van der Waals surface area contributed by atoms with E-state index in [0.717, 1.165) is 16.8 Å². The summed E-state index contributed by atoms with van der Waals surface area (Å²) in [6, 6.07) is 22.2. The number of halogens is 1. The molecule has 5 heteroatoms. The molecule has 0 radical (unpaired) electrons. The van der Waals surface area contributed by atoms with E-state index in [2.05, 4.69) is 0 Å². The summed E-state index contributed by atoms with van der Waals surface area (Å²) in [6.07, 6.45) is 0. The number of carbonyl (C=O) groups is 2. The predicted octanol–water partition coefficient (Wildman–Crippen LogP) is 5.38. The fraction of sp³-hybridized carbons (Fsp3) is 0.120. The Bertz CT molecular complexity index is 1150. The van der Waals surface area contributed by atoms with Crippen LogP contribution in [-0.4, -0.2) is 18.9 Å². The average molecular weight is 417 g/mol. The number of rotatable bonds is 4. The van der Waals surface area contributed by atoms with Gasteiger partial charge in [0.05, 0.1) is 11.3 Å². The molecule has 1 heterocycles. The van der Waals surface area contributed by atoms with E-state index in [1.165, 1.54) is 4.90 Å². The van der Waals surface area contributed by atoms with Crippen molar-refractivity contribution >= 4 is 40.4 Å². The molecule has 1 aliphatic heterocycles. The minimum Gasteiger partial charge on any atom is -0.339 e. The molecule has 1 aliphatic rings. The van der Waals surface area contributed by atoms with E-state index >= 15 is 0 Å². The van der Waals surface area contributed by atoms with Crippen LogP contribution in [0, 0.1) is 13.8 Å². The van der Waals surface area contributed by atoms with Crippen molar-refractivity contribution in [3.8, 4) is 0 Å². The lowest BCUT2D eigenvalue weighted by atomic mass is 10.0. The smallest absolute Gasteiger partial charge is 0.282 e. The molecule has 30 heavy (non-hydrogen) atoms. The van der Waals surface area contributed by atoms with E-state index in [4.69, 9.17) is 11.6 Å². The molecule has 0 N–H and O–H groups in total. The van der Waals surface area contributed by atoms with Gasteiger partial charge in [0.15, 0.2) is 0 Å². The number of para-hydroxylation sites is 1. The maximum atomic E-state index is 13.6. The van der Waals surface area contributed by atoms with Crippen LogP contribution in [0.5, 0.6) is 0 Å². The highest BCUT2D eigenvalue weighted by molar-refractivity contribution is 6.46. The van der Waals surface area contributed by atoms with Crippen LogP contribution in [0.4, 0.5) is 11.4 Å². The Hall–Kier alpha value is -3.37. The highest BCUT2D eigenvalue weighted by atomic mass is 35.5. The van der Waals surface area contributed by atoms with Crippen molar-refractivity contribution in [3.63, 3.8) is 0 Å².